The number of cyclic esters (lactones) is 1. The Morgan fingerprint density at radius 2 is 1.97 bits per heavy atom. The summed E-state index contributed by atoms with van der Waals surface area (Å²) in [5.74, 6) is 0.478. The summed E-state index contributed by atoms with van der Waals surface area (Å²) in [6.07, 6.45) is 7.22. The molecule has 2 bridgehead atoms. The number of carbonyl (C=O) groups excluding carboxylic acids is 2. The summed E-state index contributed by atoms with van der Waals surface area (Å²) < 4.78 is 6.63. The third kappa shape index (κ3) is 3.33. The maximum atomic E-state index is 13.5. The van der Waals surface area contributed by atoms with Crippen molar-refractivity contribution in [1.82, 2.24) is 40.2 Å². The second-order valence-corrected chi connectivity index (χ2v) is 9.55. The number of ether oxygens (including phenoxy) is 1. The molecule has 6 rings (SSSR count). The minimum Gasteiger partial charge on any atom is -0.456 e. The van der Waals surface area contributed by atoms with Crippen LogP contribution in [0.5, 0.6) is 0 Å². The Hall–Kier alpha value is -3.21. The van der Waals surface area contributed by atoms with Crippen LogP contribution in [-0.4, -0.2) is 83.9 Å². The predicted octanol–water partition coefficient (Wildman–Crippen LogP) is 0.671. The van der Waals surface area contributed by atoms with Crippen LogP contribution >= 0.6 is 0 Å². The number of nitrogens with zero attached hydrogens (tertiary/aromatic N) is 8. The Bertz CT molecular complexity index is 1100. The molecular formula is C22H26N8O3. The summed E-state index contributed by atoms with van der Waals surface area (Å²) in [4.78, 5) is 29.7. The second-order valence-electron chi connectivity index (χ2n) is 9.55. The van der Waals surface area contributed by atoms with Crippen molar-refractivity contribution in [3.05, 3.63) is 35.4 Å². The zero-order chi connectivity index (χ0) is 22.6. The molecule has 0 radical (unpaired) electrons. The molecule has 2 unspecified atom stereocenters. The van der Waals surface area contributed by atoms with E-state index in [0.717, 1.165) is 56.5 Å². The molecule has 4 aliphatic rings. The van der Waals surface area contributed by atoms with Crippen molar-refractivity contribution in [3.63, 3.8) is 0 Å². The quantitative estimate of drug-likeness (QED) is 0.605. The number of rotatable bonds is 5. The van der Waals surface area contributed by atoms with Crippen molar-refractivity contribution >= 4 is 11.9 Å². The fraction of sp³-hybridized carbons (Fsp3) is 0.591. The first-order chi connectivity index (χ1) is 16.0. The molecule has 1 spiro atoms. The van der Waals surface area contributed by atoms with Crippen LogP contribution in [0.15, 0.2) is 29.7 Å². The molecule has 0 aliphatic carbocycles. The SMILES string of the molecule is CC1=C(N2CCC3(CC4CCC(C3)N4CCc3ccc(-n4cnnn4)nn3)C2=O)COC1=O. The van der Waals surface area contributed by atoms with E-state index in [2.05, 4.69) is 30.6 Å². The van der Waals surface area contributed by atoms with Crippen LogP contribution in [-0.2, 0) is 20.7 Å². The fourth-order valence-corrected chi connectivity index (χ4v) is 6.13. The largest absolute Gasteiger partial charge is 0.456 e. The average Bonchev–Trinajstić information content (AvgIpc) is 3.58. The van der Waals surface area contributed by atoms with Crippen molar-refractivity contribution < 1.29 is 14.3 Å². The van der Waals surface area contributed by atoms with Gasteiger partial charge in [-0.2, -0.15) is 9.78 Å². The third-order valence-electron chi connectivity index (χ3n) is 7.86. The lowest BCUT2D eigenvalue weighted by Crippen LogP contribution is -2.51. The highest BCUT2D eigenvalue weighted by Gasteiger charge is 2.56. The van der Waals surface area contributed by atoms with Crippen LogP contribution in [0.2, 0.25) is 0 Å². The fourth-order valence-electron chi connectivity index (χ4n) is 6.13. The summed E-state index contributed by atoms with van der Waals surface area (Å²) in [6, 6.07) is 4.67. The molecule has 3 fully saturated rings. The number of hydrogen-bond donors (Lipinski definition) is 0. The molecule has 2 aromatic rings. The molecule has 11 nitrogen and oxygen atoms in total. The van der Waals surface area contributed by atoms with Crippen LogP contribution in [0.1, 0.15) is 44.7 Å². The first-order valence-electron chi connectivity index (χ1n) is 11.5. The number of aromatic nitrogens is 6. The van der Waals surface area contributed by atoms with E-state index in [0.29, 0.717) is 30.0 Å². The predicted molar refractivity (Wildman–Crippen MR) is 114 cm³/mol. The Balaban J connectivity index is 1.11. The highest BCUT2D eigenvalue weighted by molar-refractivity contribution is 5.94. The Morgan fingerprint density at radius 3 is 2.61 bits per heavy atom. The van der Waals surface area contributed by atoms with Gasteiger partial charge in [0.25, 0.3) is 0 Å². The Labute approximate surface area is 190 Å². The molecule has 0 saturated carbocycles. The van der Waals surface area contributed by atoms with Crippen LogP contribution in [0.3, 0.4) is 0 Å². The number of esters is 1. The molecule has 1 amide bonds. The van der Waals surface area contributed by atoms with Gasteiger partial charge in [-0.1, -0.05) is 0 Å². The zero-order valence-electron chi connectivity index (χ0n) is 18.6. The summed E-state index contributed by atoms with van der Waals surface area (Å²) in [5.41, 5.74) is 1.98. The van der Waals surface area contributed by atoms with Crippen molar-refractivity contribution in [3.8, 4) is 5.82 Å². The first-order valence-corrected chi connectivity index (χ1v) is 11.5. The lowest BCUT2D eigenvalue weighted by molar-refractivity contribution is -0.139. The van der Waals surface area contributed by atoms with Crippen LogP contribution in [0, 0.1) is 5.41 Å². The second kappa shape index (κ2) is 7.68. The summed E-state index contributed by atoms with van der Waals surface area (Å²) in [7, 11) is 0. The number of piperidine rings is 1. The molecule has 172 valence electrons. The maximum Gasteiger partial charge on any atom is 0.336 e. The number of likely N-dealkylation sites (tertiary alicyclic amines) is 1. The molecule has 11 heteroatoms. The Morgan fingerprint density at radius 1 is 1.15 bits per heavy atom. The number of fused-ring (bicyclic) bond motifs is 2. The molecule has 6 heterocycles. The monoisotopic (exact) mass is 450 g/mol. The van der Waals surface area contributed by atoms with Gasteiger partial charge in [-0.05, 0) is 61.6 Å². The lowest BCUT2D eigenvalue weighted by atomic mass is 9.73. The van der Waals surface area contributed by atoms with Gasteiger partial charge in [-0.3, -0.25) is 9.69 Å². The van der Waals surface area contributed by atoms with Gasteiger partial charge in [-0.15, -0.1) is 10.2 Å². The molecule has 33 heavy (non-hydrogen) atoms. The number of tetrazole rings is 1. The normalized spacial score (nSPS) is 29.5. The van der Waals surface area contributed by atoms with Crippen LogP contribution in [0.25, 0.3) is 5.82 Å². The molecule has 4 aliphatic heterocycles. The third-order valence-corrected chi connectivity index (χ3v) is 7.86. The summed E-state index contributed by atoms with van der Waals surface area (Å²) in [6.45, 7) is 3.58. The van der Waals surface area contributed by atoms with Crippen molar-refractivity contribution in [1.29, 1.82) is 0 Å². The van der Waals surface area contributed by atoms with Crippen LogP contribution in [0.4, 0.5) is 0 Å². The minimum absolute atomic E-state index is 0.191. The first kappa shape index (κ1) is 20.4. The van der Waals surface area contributed by atoms with E-state index in [9.17, 15) is 9.59 Å². The standard InChI is InChI=1S/C22H26N8O3/c1-14-18(12-33-20(14)31)29-9-7-22(21(29)32)10-16-3-4-17(11-22)28(16)8-6-15-2-5-19(25-24-15)30-13-23-26-27-30/h2,5,13,16-17H,3-4,6-12H2,1H3. The van der Waals surface area contributed by atoms with Crippen LogP contribution < -0.4 is 0 Å². The van der Waals surface area contributed by atoms with Gasteiger partial charge >= 0.3 is 5.97 Å². The number of carbonyl (C=O) groups is 2. The van der Waals surface area contributed by atoms with Crippen molar-refractivity contribution in [2.24, 2.45) is 5.41 Å². The van der Waals surface area contributed by atoms with Gasteiger partial charge in [-0.25, -0.2) is 4.79 Å². The topological polar surface area (TPSA) is 119 Å². The zero-order valence-corrected chi connectivity index (χ0v) is 18.6. The molecule has 0 N–H and O–H groups in total. The van der Waals surface area contributed by atoms with Gasteiger partial charge in [0.2, 0.25) is 5.91 Å². The van der Waals surface area contributed by atoms with E-state index < -0.39 is 0 Å². The summed E-state index contributed by atoms with van der Waals surface area (Å²) >= 11 is 0. The lowest BCUT2D eigenvalue weighted by Gasteiger charge is -2.43. The summed E-state index contributed by atoms with van der Waals surface area (Å²) in [5, 5.41) is 19.6. The highest BCUT2D eigenvalue weighted by Crippen LogP contribution is 2.51. The van der Waals surface area contributed by atoms with Gasteiger partial charge < -0.3 is 9.64 Å². The van der Waals surface area contributed by atoms with Gasteiger partial charge in [0, 0.05) is 31.6 Å². The molecule has 2 atom stereocenters. The number of amides is 1. The molecule has 2 aromatic heterocycles. The van der Waals surface area contributed by atoms with E-state index in [1.807, 2.05) is 17.0 Å². The van der Waals surface area contributed by atoms with Crippen molar-refractivity contribution in [2.45, 2.75) is 57.5 Å². The van der Waals surface area contributed by atoms with E-state index >= 15 is 0 Å². The molecule has 3 saturated heterocycles. The maximum absolute atomic E-state index is 13.5. The average molecular weight is 451 g/mol. The van der Waals surface area contributed by atoms with E-state index in [1.54, 1.807) is 6.92 Å². The molecular weight excluding hydrogens is 424 g/mol. The Kier molecular flexibility index (Phi) is 4.75. The minimum atomic E-state index is -0.303. The van der Waals surface area contributed by atoms with E-state index in [1.165, 1.54) is 11.0 Å². The highest BCUT2D eigenvalue weighted by atomic mass is 16.5. The smallest absolute Gasteiger partial charge is 0.336 e. The molecule has 0 aromatic carbocycles. The van der Waals surface area contributed by atoms with Crippen molar-refractivity contribution in [2.75, 3.05) is 19.7 Å². The van der Waals surface area contributed by atoms with E-state index in [4.69, 9.17) is 4.74 Å². The van der Waals surface area contributed by atoms with Gasteiger partial charge in [0.05, 0.1) is 22.4 Å². The van der Waals surface area contributed by atoms with Gasteiger partial charge in [0.15, 0.2) is 5.82 Å². The van der Waals surface area contributed by atoms with Gasteiger partial charge in [0.1, 0.15) is 12.9 Å². The number of hydrogen-bond acceptors (Lipinski definition) is 9. The van der Waals surface area contributed by atoms with E-state index in [-0.39, 0.29) is 23.9 Å².